The lowest BCUT2D eigenvalue weighted by atomic mass is 9.89. The summed E-state index contributed by atoms with van der Waals surface area (Å²) in [4.78, 5) is 23.1. The molecule has 0 spiro atoms. The number of amides is 1. The monoisotopic (exact) mass is 335 g/mol. The van der Waals surface area contributed by atoms with Crippen LogP contribution in [0.3, 0.4) is 0 Å². The van der Waals surface area contributed by atoms with E-state index >= 15 is 0 Å². The summed E-state index contributed by atoms with van der Waals surface area (Å²) in [5.74, 6) is 0.779. The third-order valence-electron chi connectivity index (χ3n) is 4.99. The molecule has 0 N–H and O–H groups in total. The Hall–Kier alpha value is -2.69. The fourth-order valence-corrected chi connectivity index (χ4v) is 3.72. The second-order valence-corrected chi connectivity index (χ2v) is 6.72. The minimum Gasteiger partial charge on any atom is -0.438 e. The fourth-order valence-electron chi connectivity index (χ4n) is 3.72. The number of likely N-dealkylation sites (tertiary alicyclic amines) is 1. The summed E-state index contributed by atoms with van der Waals surface area (Å²) < 4.78 is 5.28. The molecule has 4 rings (SSSR count). The second kappa shape index (κ2) is 6.67. The van der Waals surface area contributed by atoms with Gasteiger partial charge in [-0.2, -0.15) is 0 Å². The molecule has 1 aromatic carbocycles. The Labute approximate surface area is 146 Å². The van der Waals surface area contributed by atoms with Crippen LogP contribution in [0.5, 0.6) is 0 Å². The highest BCUT2D eigenvalue weighted by molar-refractivity contribution is 5.92. The molecular weight excluding hydrogens is 314 g/mol. The molecule has 0 saturated carbocycles. The molecular formula is C20H21N3O2. The van der Waals surface area contributed by atoms with Gasteiger partial charge in [-0.05, 0) is 49.8 Å². The number of nitrogens with zero attached hydrogens (tertiary/aromatic N) is 3. The van der Waals surface area contributed by atoms with Crippen LogP contribution in [0.25, 0.3) is 10.9 Å². The van der Waals surface area contributed by atoms with Gasteiger partial charge in [0.15, 0.2) is 6.39 Å². The number of carbonyl (C=O) groups is 1. The predicted octanol–water partition coefficient (Wildman–Crippen LogP) is 3.63. The van der Waals surface area contributed by atoms with Gasteiger partial charge < -0.3 is 9.32 Å². The van der Waals surface area contributed by atoms with Crippen LogP contribution in [0.15, 0.2) is 47.3 Å². The lowest BCUT2D eigenvalue weighted by Crippen LogP contribution is -2.40. The maximum atomic E-state index is 12.7. The molecule has 1 aliphatic heterocycles. The number of aromatic nitrogens is 2. The van der Waals surface area contributed by atoms with E-state index < -0.39 is 0 Å². The van der Waals surface area contributed by atoms with E-state index in [1.54, 1.807) is 6.92 Å². The van der Waals surface area contributed by atoms with Gasteiger partial charge in [0.2, 0.25) is 5.76 Å². The number of piperidine rings is 1. The molecule has 128 valence electrons. The highest BCUT2D eigenvalue weighted by Crippen LogP contribution is 2.26. The van der Waals surface area contributed by atoms with Gasteiger partial charge in [0.05, 0.1) is 11.2 Å². The number of rotatable bonds is 3. The summed E-state index contributed by atoms with van der Waals surface area (Å²) in [5, 5.41) is 1.21. The Bertz CT molecular complexity index is 897. The number of benzene rings is 1. The maximum Gasteiger partial charge on any atom is 0.291 e. The Morgan fingerprint density at radius 3 is 3.04 bits per heavy atom. The van der Waals surface area contributed by atoms with Gasteiger partial charge in [0.25, 0.3) is 5.91 Å². The van der Waals surface area contributed by atoms with Gasteiger partial charge in [-0.3, -0.25) is 9.78 Å². The van der Waals surface area contributed by atoms with E-state index in [-0.39, 0.29) is 5.91 Å². The first-order valence-corrected chi connectivity index (χ1v) is 8.74. The van der Waals surface area contributed by atoms with Crippen molar-refractivity contribution in [2.75, 3.05) is 13.1 Å². The van der Waals surface area contributed by atoms with Crippen molar-refractivity contribution in [3.63, 3.8) is 0 Å². The minimum atomic E-state index is -0.0423. The first-order valence-electron chi connectivity index (χ1n) is 8.74. The average Bonchev–Trinajstić information content (AvgIpc) is 3.08. The van der Waals surface area contributed by atoms with E-state index in [0.29, 0.717) is 17.4 Å². The number of hydrogen-bond acceptors (Lipinski definition) is 4. The van der Waals surface area contributed by atoms with E-state index in [0.717, 1.165) is 37.9 Å². The highest BCUT2D eigenvalue weighted by atomic mass is 16.3. The van der Waals surface area contributed by atoms with E-state index in [4.69, 9.17) is 4.42 Å². The van der Waals surface area contributed by atoms with Crippen LogP contribution in [0, 0.1) is 12.8 Å². The van der Waals surface area contributed by atoms with Crippen molar-refractivity contribution in [3.05, 3.63) is 59.9 Å². The molecule has 1 fully saturated rings. The SMILES string of the molecule is Cc1ncoc1C(=O)N1CCC[C@@H](Cc2cccc3ncccc23)C1. The van der Waals surface area contributed by atoms with Crippen LogP contribution in [-0.2, 0) is 6.42 Å². The quantitative estimate of drug-likeness (QED) is 0.733. The first kappa shape index (κ1) is 15.8. The van der Waals surface area contributed by atoms with E-state index in [1.165, 1.54) is 17.3 Å². The van der Waals surface area contributed by atoms with Gasteiger partial charge in [0.1, 0.15) is 0 Å². The summed E-state index contributed by atoms with van der Waals surface area (Å²) in [6.07, 6.45) is 6.28. The molecule has 0 aliphatic carbocycles. The standard InChI is InChI=1S/C20H21N3O2/c1-14-19(25-13-22-14)20(24)23-10-4-5-15(12-23)11-16-6-2-8-18-17(16)7-3-9-21-18/h2-3,6-9,13,15H,4-5,10-12H2,1H3/t15-/m0/s1. The van der Waals surface area contributed by atoms with Crippen LogP contribution in [0.2, 0.25) is 0 Å². The van der Waals surface area contributed by atoms with Crippen molar-refractivity contribution in [2.45, 2.75) is 26.2 Å². The molecule has 25 heavy (non-hydrogen) atoms. The van der Waals surface area contributed by atoms with Crippen LogP contribution < -0.4 is 0 Å². The minimum absolute atomic E-state index is 0.0423. The topological polar surface area (TPSA) is 59.2 Å². The summed E-state index contributed by atoms with van der Waals surface area (Å²) in [6.45, 7) is 3.35. The Morgan fingerprint density at radius 2 is 2.20 bits per heavy atom. The van der Waals surface area contributed by atoms with Crippen LogP contribution in [0.4, 0.5) is 0 Å². The Kier molecular flexibility index (Phi) is 4.22. The third kappa shape index (κ3) is 3.14. The van der Waals surface area contributed by atoms with Crippen LogP contribution >= 0.6 is 0 Å². The van der Waals surface area contributed by atoms with Crippen molar-refractivity contribution in [3.8, 4) is 0 Å². The van der Waals surface area contributed by atoms with Crippen molar-refractivity contribution in [2.24, 2.45) is 5.92 Å². The molecule has 5 nitrogen and oxygen atoms in total. The van der Waals surface area contributed by atoms with Gasteiger partial charge in [-0.25, -0.2) is 4.98 Å². The molecule has 1 saturated heterocycles. The highest BCUT2D eigenvalue weighted by Gasteiger charge is 2.27. The van der Waals surface area contributed by atoms with Crippen molar-refractivity contribution in [1.82, 2.24) is 14.9 Å². The maximum absolute atomic E-state index is 12.7. The van der Waals surface area contributed by atoms with Crippen molar-refractivity contribution in [1.29, 1.82) is 0 Å². The molecule has 3 heterocycles. The molecule has 0 bridgehead atoms. The molecule has 5 heteroatoms. The average molecular weight is 335 g/mol. The summed E-state index contributed by atoms with van der Waals surface area (Å²) >= 11 is 0. The van der Waals surface area contributed by atoms with E-state index in [2.05, 4.69) is 28.2 Å². The molecule has 1 aliphatic rings. The molecule has 2 aromatic heterocycles. The molecule has 0 unspecified atom stereocenters. The molecule has 1 amide bonds. The van der Waals surface area contributed by atoms with Crippen LogP contribution in [0.1, 0.15) is 34.7 Å². The number of fused-ring (bicyclic) bond motifs is 1. The first-order chi connectivity index (χ1) is 12.2. The zero-order valence-electron chi connectivity index (χ0n) is 14.3. The normalized spacial score (nSPS) is 17.8. The second-order valence-electron chi connectivity index (χ2n) is 6.72. The van der Waals surface area contributed by atoms with E-state index in [1.807, 2.05) is 23.2 Å². The van der Waals surface area contributed by atoms with Crippen LogP contribution in [-0.4, -0.2) is 33.9 Å². The van der Waals surface area contributed by atoms with Crippen molar-refractivity contribution >= 4 is 16.8 Å². The zero-order chi connectivity index (χ0) is 17.2. The lowest BCUT2D eigenvalue weighted by molar-refractivity contribution is 0.0640. The van der Waals surface area contributed by atoms with Gasteiger partial charge in [-0.15, -0.1) is 0 Å². The predicted molar refractivity (Wildman–Crippen MR) is 95.3 cm³/mol. The third-order valence-corrected chi connectivity index (χ3v) is 4.99. The Morgan fingerprint density at radius 1 is 1.28 bits per heavy atom. The van der Waals surface area contributed by atoms with E-state index in [9.17, 15) is 4.79 Å². The zero-order valence-corrected chi connectivity index (χ0v) is 14.3. The summed E-state index contributed by atoms with van der Waals surface area (Å²) in [6, 6.07) is 10.4. The fraction of sp³-hybridized carbons (Fsp3) is 0.350. The number of pyridine rings is 1. The summed E-state index contributed by atoms with van der Waals surface area (Å²) in [7, 11) is 0. The largest absolute Gasteiger partial charge is 0.438 e. The smallest absolute Gasteiger partial charge is 0.291 e. The Balaban J connectivity index is 1.52. The van der Waals surface area contributed by atoms with Gasteiger partial charge in [0, 0.05) is 24.7 Å². The molecule has 1 atom stereocenters. The summed E-state index contributed by atoms with van der Waals surface area (Å²) in [5.41, 5.74) is 2.99. The van der Waals surface area contributed by atoms with Crippen molar-refractivity contribution < 1.29 is 9.21 Å². The van der Waals surface area contributed by atoms with Gasteiger partial charge in [-0.1, -0.05) is 18.2 Å². The van der Waals surface area contributed by atoms with Gasteiger partial charge >= 0.3 is 0 Å². The number of carbonyl (C=O) groups excluding carboxylic acids is 1. The lowest BCUT2D eigenvalue weighted by Gasteiger charge is -2.32. The molecule has 0 radical (unpaired) electrons. The number of hydrogen-bond donors (Lipinski definition) is 0. The molecule has 3 aromatic rings. The number of oxazole rings is 1. The number of aryl methyl sites for hydroxylation is 1.